The molecule has 0 aliphatic heterocycles. The molecule has 0 bridgehead atoms. The maximum absolute atomic E-state index is 13.7. The van der Waals surface area contributed by atoms with Gasteiger partial charge in [0.25, 0.3) is 0 Å². The Bertz CT molecular complexity index is 724. The SMILES string of the molecule is Cc1ccc([C@@H](NC(=S)Nc2c(F)cccc2F)C(C)C)c(C)c1. The quantitative estimate of drug-likeness (QED) is 0.737. The molecule has 0 fully saturated rings. The fourth-order valence-electron chi connectivity index (χ4n) is 2.69. The molecule has 2 rings (SSSR count). The van der Waals surface area contributed by atoms with E-state index in [4.69, 9.17) is 12.2 Å². The molecule has 0 aromatic heterocycles. The molecular formula is C19H22F2N2S. The molecule has 0 heterocycles. The maximum Gasteiger partial charge on any atom is 0.171 e. The Balaban J connectivity index is 2.20. The number of hydrogen-bond donors (Lipinski definition) is 2. The zero-order valence-corrected chi connectivity index (χ0v) is 15.1. The zero-order valence-electron chi connectivity index (χ0n) is 14.3. The number of rotatable bonds is 4. The van der Waals surface area contributed by atoms with Crippen LogP contribution >= 0.6 is 12.2 Å². The van der Waals surface area contributed by atoms with E-state index in [0.717, 1.165) is 11.1 Å². The zero-order chi connectivity index (χ0) is 17.9. The summed E-state index contributed by atoms with van der Waals surface area (Å²) < 4.78 is 27.5. The highest BCUT2D eigenvalue weighted by Gasteiger charge is 2.19. The van der Waals surface area contributed by atoms with E-state index in [9.17, 15) is 8.78 Å². The van der Waals surface area contributed by atoms with Crippen LogP contribution in [-0.2, 0) is 0 Å². The van der Waals surface area contributed by atoms with Crippen molar-refractivity contribution in [3.63, 3.8) is 0 Å². The van der Waals surface area contributed by atoms with Gasteiger partial charge in [-0.1, -0.05) is 43.7 Å². The predicted molar refractivity (Wildman–Crippen MR) is 99.2 cm³/mol. The molecule has 0 saturated heterocycles. The Labute approximate surface area is 147 Å². The second kappa shape index (κ2) is 7.71. The number of anilines is 1. The molecule has 0 amide bonds. The minimum atomic E-state index is -0.674. The Kier molecular flexibility index (Phi) is 5.89. The van der Waals surface area contributed by atoms with E-state index in [2.05, 4.69) is 36.6 Å². The lowest BCUT2D eigenvalue weighted by atomic mass is 9.92. The lowest BCUT2D eigenvalue weighted by Crippen LogP contribution is -2.35. The lowest BCUT2D eigenvalue weighted by molar-refractivity contribution is 0.471. The topological polar surface area (TPSA) is 24.1 Å². The van der Waals surface area contributed by atoms with Crippen LogP contribution in [-0.4, -0.2) is 5.11 Å². The molecule has 128 valence electrons. The predicted octanol–water partition coefficient (Wildman–Crippen LogP) is 5.27. The highest BCUT2D eigenvalue weighted by atomic mass is 32.1. The fraction of sp³-hybridized carbons (Fsp3) is 0.316. The van der Waals surface area contributed by atoms with Crippen LogP contribution in [0, 0.1) is 31.4 Å². The molecule has 0 saturated carbocycles. The number of aryl methyl sites for hydroxylation is 2. The third-order valence-electron chi connectivity index (χ3n) is 3.91. The molecule has 2 aromatic rings. The van der Waals surface area contributed by atoms with E-state index in [1.807, 2.05) is 19.9 Å². The van der Waals surface area contributed by atoms with Gasteiger partial charge in [-0.05, 0) is 55.2 Å². The van der Waals surface area contributed by atoms with Crippen LogP contribution in [0.15, 0.2) is 36.4 Å². The van der Waals surface area contributed by atoms with Gasteiger partial charge in [0.05, 0.1) is 6.04 Å². The molecular weight excluding hydrogens is 326 g/mol. The molecule has 0 aliphatic carbocycles. The molecule has 2 nitrogen and oxygen atoms in total. The summed E-state index contributed by atoms with van der Waals surface area (Å²) in [4.78, 5) is 0. The van der Waals surface area contributed by atoms with Gasteiger partial charge in [-0.3, -0.25) is 0 Å². The van der Waals surface area contributed by atoms with Crippen molar-refractivity contribution in [2.24, 2.45) is 5.92 Å². The highest BCUT2D eigenvalue weighted by Crippen LogP contribution is 2.26. The van der Waals surface area contributed by atoms with Gasteiger partial charge in [0.15, 0.2) is 5.11 Å². The standard InChI is InChI=1S/C19H22F2N2S/c1-11(2)17(14-9-8-12(3)10-13(14)4)22-19(24)23-18-15(20)6-5-7-16(18)21/h5-11,17H,1-4H3,(H2,22,23,24)/t17-/m0/s1. The summed E-state index contributed by atoms with van der Waals surface area (Å²) >= 11 is 5.26. The molecule has 0 spiro atoms. The Hall–Kier alpha value is -2.01. The van der Waals surface area contributed by atoms with Gasteiger partial charge >= 0.3 is 0 Å². The smallest absolute Gasteiger partial charge is 0.171 e. The Morgan fingerprint density at radius 1 is 1.04 bits per heavy atom. The van der Waals surface area contributed by atoms with Gasteiger partial charge < -0.3 is 10.6 Å². The molecule has 5 heteroatoms. The summed E-state index contributed by atoms with van der Waals surface area (Å²) in [6, 6.07) is 9.87. The van der Waals surface area contributed by atoms with Crippen molar-refractivity contribution >= 4 is 23.0 Å². The third kappa shape index (κ3) is 4.29. The second-order valence-corrected chi connectivity index (χ2v) is 6.69. The first-order valence-corrected chi connectivity index (χ1v) is 8.29. The number of benzene rings is 2. The van der Waals surface area contributed by atoms with Crippen molar-refractivity contribution < 1.29 is 8.78 Å². The van der Waals surface area contributed by atoms with Crippen LogP contribution < -0.4 is 10.6 Å². The average Bonchev–Trinajstić information content (AvgIpc) is 2.49. The summed E-state index contributed by atoms with van der Waals surface area (Å²) in [5.41, 5.74) is 3.22. The summed E-state index contributed by atoms with van der Waals surface area (Å²) in [5.74, 6) is -1.10. The van der Waals surface area contributed by atoms with Crippen LogP contribution in [0.3, 0.4) is 0 Å². The summed E-state index contributed by atoms with van der Waals surface area (Å²) in [6.45, 7) is 8.24. The molecule has 24 heavy (non-hydrogen) atoms. The first kappa shape index (κ1) is 18.3. The largest absolute Gasteiger partial charge is 0.355 e. The van der Waals surface area contributed by atoms with Crippen molar-refractivity contribution in [1.29, 1.82) is 0 Å². The van der Waals surface area contributed by atoms with Gasteiger partial charge in [0.2, 0.25) is 0 Å². The van der Waals surface area contributed by atoms with Crippen LogP contribution in [0.25, 0.3) is 0 Å². The van der Waals surface area contributed by atoms with Crippen molar-refractivity contribution in [3.8, 4) is 0 Å². The van der Waals surface area contributed by atoms with Crippen LogP contribution in [0.1, 0.15) is 36.6 Å². The Morgan fingerprint density at radius 3 is 2.21 bits per heavy atom. The normalized spacial score (nSPS) is 12.1. The maximum atomic E-state index is 13.7. The molecule has 1 atom stereocenters. The fourth-order valence-corrected chi connectivity index (χ4v) is 2.92. The van der Waals surface area contributed by atoms with Crippen molar-refractivity contribution in [2.45, 2.75) is 33.7 Å². The highest BCUT2D eigenvalue weighted by molar-refractivity contribution is 7.80. The molecule has 2 aromatic carbocycles. The van der Waals surface area contributed by atoms with E-state index in [0.29, 0.717) is 0 Å². The Morgan fingerprint density at radius 2 is 1.67 bits per heavy atom. The molecule has 0 radical (unpaired) electrons. The minimum Gasteiger partial charge on any atom is -0.355 e. The number of hydrogen-bond acceptors (Lipinski definition) is 1. The van der Waals surface area contributed by atoms with E-state index >= 15 is 0 Å². The summed E-state index contributed by atoms with van der Waals surface area (Å²) in [6.07, 6.45) is 0. The van der Waals surface area contributed by atoms with Crippen LogP contribution in [0.2, 0.25) is 0 Å². The van der Waals surface area contributed by atoms with Crippen molar-refractivity contribution in [1.82, 2.24) is 5.32 Å². The average molecular weight is 348 g/mol. The monoisotopic (exact) mass is 348 g/mol. The van der Waals surface area contributed by atoms with Crippen LogP contribution in [0.4, 0.5) is 14.5 Å². The second-order valence-electron chi connectivity index (χ2n) is 6.28. The van der Waals surface area contributed by atoms with E-state index in [1.54, 1.807) is 0 Å². The molecule has 2 N–H and O–H groups in total. The summed E-state index contributed by atoms with van der Waals surface area (Å²) in [7, 11) is 0. The third-order valence-corrected chi connectivity index (χ3v) is 4.13. The van der Waals surface area contributed by atoms with E-state index in [1.165, 1.54) is 23.8 Å². The molecule has 0 aliphatic rings. The van der Waals surface area contributed by atoms with Gasteiger partial charge in [0.1, 0.15) is 17.3 Å². The molecule has 0 unspecified atom stereocenters. The first-order chi connectivity index (χ1) is 11.3. The van der Waals surface area contributed by atoms with Crippen LogP contribution in [0.5, 0.6) is 0 Å². The lowest BCUT2D eigenvalue weighted by Gasteiger charge is -2.26. The van der Waals surface area contributed by atoms with Gasteiger partial charge in [-0.15, -0.1) is 0 Å². The minimum absolute atomic E-state index is 0.0552. The summed E-state index contributed by atoms with van der Waals surface area (Å²) in [5, 5.41) is 6.01. The van der Waals surface area contributed by atoms with E-state index < -0.39 is 11.6 Å². The first-order valence-electron chi connectivity index (χ1n) is 7.88. The van der Waals surface area contributed by atoms with E-state index in [-0.39, 0.29) is 22.8 Å². The van der Waals surface area contributed by atoms with Crippen molar-refractivity contribution in [3.05, 3.63) is 64.7 Å². The van der Waals surface area contributed by atoms with Gasteiger partial charge in [-0.2, -0.15) is 0 Å². The van der Waals surface area contributed by atoms with Crippen molar-refractivity contribution in [2.75, 3.05) is 5.32 Å². The van der Waals surface area contributed by atoms with Gasteiger partial charge in [0, 0.05) is 0 Å². The number of halogens is 2. The number of para-hydroxylation sites is 1. The van der Waals surface area contributed by atoms with Gasteiger partial charge in [-0.25, -0.2) is 8.78 Å². The number of nitrogens with one attached hydrogen (secondary N) is 2. The number of thiocarbonyl (C=S) groups is 1.